The molecular weight excluding hydrogens is 410 g/mol. The summed E-state index contributed by atoms with van der Waals surface area (Å²) in [7, 11) is 0. The third-order valence-corrected chi connectivity index (χ3v) is 7.04. The molecule has 34 heavy (non-hydrogen) atoms. The zero-order valence-corrected chi connectivity index (χ0v) is 22.8. The summed E-state index contributed by atoms with van der Waals surface area (Å²) in [6.07, 6.45) is 23.8. The van der Waals surface area contributed by atoms with E-state index in [0.717, 1.165) is 0 Å². The highest BCUT2D eigenvalue weighted by Crippen LogP contribution is 2.26. The predicted molar refractivity (Wildman–Crippen MR) is 154 cm³/mol. The van der Waals surface area contributed by atoms with Gasteiger partial charge in [0.1, 0.15) is 0 Å². The maximum Gasteiger partial charge on any atom is 0.0416 e. The molecule has 0 aliphatic carbocycles. The first-order valence-corrected chi connectivity index (χ1v) is 14.7. The molecule has 0 atom stereocenters. The standard InChI is InChI=1S/C33H53N/c1-4-7-10-13-16-21-29-26-30(22-17-14-11-8-5-2)28-32(27-29)34-33-25-20-19-24-31(33)23-18-15-12-9-6-3/h19-20,24-28,34H,4-18,21-23H2,1-3H3. The van der Waals surface area contributed by atoms with Crippen LogP contribution < -0.4 is 5.32 Å². The molecule has 0 fully saturated rings. The maximum atomic E-state index is 3.83. The number of rotatable bonds is 20. The molecule has 1 heteroatoms. The Bertz CT molecular complexity index is 731. The summed E-state index contributed by atoms with van der Waals surface area (Å²) in [6, 6.07) is 16.3. The van der Waals surface area contributed by atoms with Crippen LogP contribution >= 0.6 is 0 Å². The second kappa shape index (κ2) is 18.6. The Morgan fingerprint density at radius 2 is 0.971 bits per heavy atom. The Balaban J connectivity index is 2.04. The molecule has 0 bridgehead atoms. The molecule has 1 N–H and O–H groups in total. The van der Waals surface area contributed by atoms with Crippen molar-refractivity contribution in [3.8, 4) is 0 Å². The summed E-state index contributed by atoms with van der Waals surface area (Å²) in [6.45, 7) is 6.88. The van der Waals surface area contributed by atoms with E-state index in [2.05, 4.69) is 68.6 Å². The third-order valence-electron chi connectivity index (χ3n) is 7.04. The monoisotopic (exact) mass is 463 g/mol. The molecule has 0 aliphatic heterocycles. The lowest BCUT2D eigenvalue weighted by Gasteiger charge is -2.15. The third kappa shape index (κ3) is 12.1. The average molecular weight is 464 g/mol. The van der Waals surface area contributed by atoms with Gasteiger partial charge >= 0.3 is 0 Å². The van der Waals surface area contributed by atoms with Gasteiger partial charge in [-0.2, -0.15) is 0 Å². The largest absolute Gasteiger partial charge is 0.355 e. The van der Waals surface area contributed by atoms with Crippen molar-refractivity contribution in [2.24, 2.45) is 0 Å². The molecule has 2 rings (SSSR count). The lowest BCUT2D eigenvalue weighted by atomic mass is 9.98. The van der Waals surface area contributed by atoms with Gasteiger partial charge in [-0.15, -0.1) is 0 Å². The molecule has 0 aliphatic rings. The highest BCUT2D eigenvalue weighted by molar-refractivity contribution is 5.64. The van der Waals surface area contributed by atoms with Crippen molar-refractivity contribution in [2.45, 2.75) is 136 Å². The van der Waals surface area contributed by atoms with Gasteiger partial charge in [0.25, 0.3) is 0 Å². The van der Waals surface area contributed by atoms with E-state index in [4.69, 9.17) is 0 Å². The normalized spacial score (nSPS) is 11.1. The van der Waals surface area contributed by atoms with Crippen molar-refractivity contribution in [2.75, 3.05) is 5.32 Å². The number of para-hydroxylation sites is 1. The van der Waals surface area contributed by atoms with Gasteiger partial charge in [-0.1, -0.05) is 122 Å². The molecular formula is C33H53N. The summed E-state index contributed by atoms with van der Waals surface area (Å²) in [5.41, 5.74) is 7.08. The Morgan fingerprint density at radius 1 is 0.500 bits per heavy atom. The van der Waals surface area contributed by atoms with E-state index < -0.39 is 0 Å². The van der Waals surface area contributed by atoms with Crippen molar-refractivity contribution < 1.29 is 0 Å². The molecule has 2 aromatic carbocycles. The van der Waals surface area contributed by atoms with E-state index >= 15 is 0 Å². The summed E-state index contributed by atoms with van der Waals surface area (Å²) >= 11 is 0. The summed E-state index contributed by atoms with van der Waals surface area (Å²) in [5, 5.41) is 3.83. The SMILES string of the molecule is CCCCCCCc1cc(CCCCCCC)cc(Nc2ccccc2CCCCCCC)c1. The maximum absolute atomic E-state index is 3.83. The molecule has 0 heterocycles. The minimum atomic E-state index is 1.17. The summed E-state index contributed by atoms with van der Waals surface area (Å²) in [4.78, 5) is 0. The average Bonchev–Trinajstić information content (AvgIpc) is 2.84. The molecule has 190 valence electrons. The first kappa shape index (κ1) is 28.5. The van der Waals surface area contributed by atoms with Gasteiger partial charge in [0.05, 0.1) is 0 Å². The minimum Gasteiger partial charge on any atom is -0.355 e. The number of unbranched alkanes of at least 4 members (excludes halogenated alkanes) is 12. The van der Waals surface area contributed by atoms with Gasteiger partial charge in [-0.05, 0) is 73.4 Å². The van der Waals surface area contributed by atoms with Crippen LogP contribution in [0.5, 0.6) is 0 Å². The van der Waals surface area contributed by atoms with Crippen molar-refractivity contribution in [3.63, 3.8) is 0 Å². The minimum absolute atomic E-state index is 1.17. The fraction of sp³-hybridized carbons (Fsp3) is 0.636. The molecule has 0 aromatic heterocycles. The molecule has 0 unspecified atom stereocenters. The van der Waals surface area contributed by atoms with Crippen molar-refractivity contribution in [1.29, 1.82) is 0 Å². The Morgan fingerprint density at radius 3 is 1.50 bits per heavy atom. The van der Waals surface area contributed by atoms with Crippen molar-refractivity contribution in [3.05, 3.63) is 59.2 Å². The van der Waals surface area contributed by atoms with Crippen LogP contribution in [0.2, 0.25) is 0 Å². The first-order valence-electron chi connectivity index (χ1n) is 14.7. The fourth-order valence-corrected chi connectivity index (χ4v) is 4.92. The zero-order valence-electron chi connectivity index (χ0n) is 22.8. The van der Waals surface area contributed by atoms with Gasteiger partial charge in [0, 0.05) is 11.4 Å². The first-order chi connectivity index (χ1) is 16.8. The van der Waals surface area contributed by atoms with Crippen LogP contribution in [0, 0.1) is 0 Å². The topological polar surface area (TPSA) is 12.0 Å². The second-order valence-electron chi connectivity index (χ2n) is 10.3. The van der Waals surface area contributed by atoms with Gasteiger partial charge in [-0.3, -0.25) is 0 Å². The number of anilines is 2. The summed E-state index contributed by atoms with van der Waals surface area (Å²) < 4.78 is 0. The van der Waals surface area contributed by atoms with Gasteiger partial charge in [-0.25, -0.2) is 0 Å². The molecule has 0 spiro atoms. The van der Waals surface area contributed by atoms with Crippen LogP contribution in [0.25, 0.3) is 0 Å². The number of aryl methyl sites for hydroxylation is 3. The highest BCUT2D eigenvalue weighted by Gasteiger charge is 2.06. The summed E-state index contributed by atoms with van der Waals surface area (Å²) in [5.74, 6) is 0. The van der Waals surface area contributed by atoms with Gasteiger partial charge in [0.2, 0.25) is 0 Å². The van der Waals surface area contributed by atoms with E-state index in [-0.39, 0.29) is 0 Å². The van der Waals surface area contributed by atoms with Gasteiger partial charge < -0.3 is 5.32 Å². The molecule has 2 aromatic rings. The smallest absolute Gasteiger partial charge is 0.0416 e. The Kier molecular flexibility index (Phi) is 15.5. The van der Waals surface area contributed by atoms with E-state index in [9.17, 15) is 0 Å². The van der Waals surface area contributed by atoms with Crippen molar-refractivity contribution in [1.82, 2.24) is 0 Å². The molecule has 0 saturated carbocycles. The number of benzene rings is 2. The number of hydrogen-bond donors (Lipinski definition) is 1. The quantitative estimate of drug-likeness (QED) is 0.192. The van der Waals surface area contributed by atoms with Gasteiger partial charge in [0.15, 0.2) is 0 Å². The van der Waals surface area contributed by atoms with Crippen LogP contribution in [0.4, 0.5) is 11.4 Å². The lowest BCUT2D eigenvalue weighted by Crippen LogP contribution is -1.99. The van der Waals surface area contributed by atoms with Crippen LogP contribution in [-0.2, 0) is 19.3 Å². The van der Waals surface area contributed by atoms with E-state index in [0.29, 0.717) is 0 Å². The van der Waals surface area contributed by atoms with Crippen LogP contribution in [0.15, 0.2) is 42.5 Å². The highest BCUT2D eigenvalue weighted by atomic mass is 14.9. The van der Waals surface area contributed by atoms with Crippen LogP contribution in [0.3, 0.4) is 0 Å². The molecule has 0 saturated heterocycles. The number of nitrogens with one attached hydrogen (secondary N) is 1. The Hall–Kier alpha value is -1.76. The van der Waals surface area contributed by atoms with Crippen LogP contribution in [0.1, 0.15) is 134 Å². The lowest BCUT2D eigenvalue weighted by molar-refractivity contribution is 0.628. The van der Waals surface area contributed by atoms with Crippen LogP contribution in [-0.4, -0.2) is 0 Å². The predicted octanol–water partition coefficient (Wildman–Crippen LogP) is 11.0. The number of hydrogen-bond acceptors (Lipinski definition) is 1. The molecule has 0 radical (unpaired) electrons. The van der Waals surface area contributed by atoms with E-state index in [1.54, 1.807) is 0 Å². The fourth-order valence-electron chi connectivity index (χ4n) is 4.92. The van der Waals surface area contributed by atoms with Crippen molar-refractivity contribution >= 4 is 11.4 Å². The zero-order chi connectivity index (χ0) is 24.3. The molecule has 1 nitrogen and oxygen atoms in total. The Labute approximate surface area is 212 Å². The van der Waals surface area contributed by atoms with E-state index in [1.807, 2.05) is 0 Å². The van der Waals surface area contributed by atoms with E-state index in [1.165, 1.54) is 144 Å². The molecule has 0 amide bonds. The second-order valence-corrected chi connectivity index (χ2v) is 10.3.